The summed E-state index contributed by atoms with van der Waals surface area (Å²) in [5, 5.41) is 5.89. The number of para-hydroxylation sites is 1. The Morgan fingerprint density at radius 1 is 1.12 bits per heavy atom. The van der Waals surface area contributed by atoms with Crippen molar-refractivity contribution in [3.05, 3.63) is 58.1 Å². The minimum Gasteiger partial charge on any atom is -0.465 e. The second-order valence-electron chi connectivity index (χ2n) is 5.96. The number of amides is 2. The molecule has 0 atom stereocenters. The molecule has 6 heteroatoms. The molecular formula is C19H21ClN2O3. The fraction of sp³-hybridized carbons (Fsp3) is 0.263. The van der Waals surface area contributed by atoms with Crippen molar-refractivity contribution < 1.29 is 14.3 Å². The second kappa shape index (κ2) is 8.03. The molecule has 0 aliphatic rings. The molecule has 0 spiro atoms. The Labute approximate surface area is 152 Å². The highest BCUT2D eigenvalue weighted by Gasteiger charge is 2.14. The van der Waals surface area contributed by atoms with Crippen molar-refractivity contribution in [1.29, 1.82) is 0 Å². The molecule has 0 bridgehead atoms. The summed E-state index contributed by atoms with van der Waals surface area (Å²) in [6.07, 6.45) is 0. The predicted molar refractivity (Wildman–Crippen MR) is 101 cm³/mol. The number of esters is 1. The van der Waals surface area contributed by atoms with E-state index in [1.807, 2.05) is 25.1 Å². The van der Waals surface area contributed by atoms with Gasteiger partial charge < -0.3 is 15.4 Å². The Balaban J connectivity index is 2.23. The molecule has 2 amide bonds. The zero-order chi connectivity index (χ0) is 18.6. The van der Waals surface area contributed by atoms with E-state index in [1.54, 1.807) is 0 Å². The molecule has 0 heterocycles. The van der Waals surface area contributed by atoms with Gasteiger partial charge in [-0.05, 0) is 42.2 Å². The first-order chi connectivity index (χ1) is 11.8. The van der Waals surface area contributed by atoms with E-state index in [0.29, 0.717) is 16.3 Å². The number of anilines is 2. The fourth-order valence-electron chi connectivity index (χ4n) is 2.48. The molecule has 2 rings (SSSR count). The number of carbonyl (C=O) groups excluding carboxylic acids is 2. The summed E-state index contributed by atoms with van der Waals surface area (Å²) >= 11 is 6.11. The van der Waals surface area contributed by atoms with Crippen molar-refractivity contribution in [3.63, 3.8) is 0 Å². The van der Waals surface area contributed by atoms with Gasteiger partial charge >= 0.3 is 12.0 Å². The van der Waals surface area contributed by atoms with Crippen LogP contribution in [0, 0.1) is 6.92 Å². The van der Waals surface area contributed by atoms with Gasteiger partial charge in [-0.25, -0.2) is 9.59 Å². The standard InChI is InChI=1S/C19H21ClN2O3/c1-11(2)14-7-5-6-12(3)17(14)22-19(24)21-16-10-13(18(23)25-4)8-9-15(16)20/h5-11H,1-4H3,(H2,21,22,24). The van der Waals surface area contributed by atoms with E-state index in [0.717, 1.165) is 16.8 Å². The summed E-state index contributed by atoms with van der Waals surface area (Å²) in [4.78, 5) is 24.0. The van der Waals surface area contributed by atoms with E-state index in [-0.39, 0.29) is 5.92 Å². The van der Waals surface area contributed by atoms with Crippen LogP contribution in [0.5, 0.6) is 0 Å². The number of ether oxygens (including phenoxy) is 1. The second-order valence-corrected chi connectivity index (χ2v) is 6.37. The highest BCUT2D eigenvalue weighted by atomic mass is 35.5. The summed E-state index contributed by atoms with van der Waals surface area (Å²) in [7, 11) is 1.29. The monoisotopic (exact) mass is 360 g/mol. The summed E-state index contributed by atoms with van der Waals surface area (Å²) in [6, 6.07) is 10.0. The molecule has 0 aliphatic carbocycles. The summed E-state index contributed by atoms with van der Waals surface area (Å²) < 4.78 is 4.68. The van der Waals surface area contributed by atoms with Gasteiger partial charge in [0.25, 0.3) is 0 Å². The smallest absolute Gasteiger partial charge is 0.337 e. The van der Waals surface area contributed by atoms with Crippen LogP contribution in [0.1, 0.15) is 41.3 Å². The van der Waals surface area contributed by atoms with E-state index in [4.69, 9.17) is 11.6 Å². The van der Waals surface area contributed by atoms with Crippen LogP contribution in [-0.4, -0.2) is 19.1 Å². The zero-order valence-corrected chi connectivity index (χ0v) is 15.4. The third-order valence-corrected chi connectivity index (χ3v) is 4.13. The van der Waals surface area contributed by atoms with Crippen LogP contribution in [0.4, 0.5) is 16.2 Å². The van der Waals surface area contributed by atoms with Crippen LogP contribution in [0.2, 0.25) is 5.02 Å². The summed E-state index contributed by atoms with van der Waals surface area (Å²) in [5.41, 5.74) is 3.43. The van der Waals surface area contributed by atoms with Gasteiger partial charge in [0.15, 0.2) is 0 Å². The van der Waals surface area contributed by atoms with Crippen molar-refractivity contribution in [3.8, 4) is 0 Å². The van der Waals surface area contributed by atoms with Gasteiger partial charge in [-0.1, -0.05) is 43.6 Å². The highest BCUT2D eigenvalue weighted by Crippen LogP contribution is 2.28. The molecule has 2 aromatic rings. The third-order valence-electron chi connectivity index (χ3n) is 3.80. The summed E-state index contributed by atoms with van der Waals surface area (Å²) in [5.74, 6) is -0.234. The maximum atomic E-state index is 12.4. The van der Waals surface area contributed by atoms with Crippen LogP contribution >= 0.6 is 11.6 Å². The van der Waals surface area contributed by atoms with E-state index >= 15 is 0 Å². The quantitative estimate of drug-likeness (QED) is 0.736. The number of urea groups is 1. The third kappa shape index (κ3) is 4.51. The molecule has 25 heavy (non-hydrogen) atoms. The highest BCUT2D eigenvalue weighted by molar-refractivity contribution is 6.34. The first-order valence-corrected chi connectivity index (χ1v) is 8.26. The maximum absolute atomic E-state index is 12.4. The van der Waals surface area contributed by atoms with Gasteiger partial charge in [0.05, 0.1) is 23.4 Å². The van der Waals surface area contributed by atoms with Crippen LogP contribution < -0.4 is 10.6 Å². The Bertz CT molecular complexity index is 803. The van der Waals surface area contributed by atoms with Gasteiger partial charge in [0, 0.05) is 5.69 Å². The van der Waals surface area contributed by atoms with E-state index in [9.17, 15) is 9.59 Å². The lowest BCUT2D eigenvalue weighted by Gasteiger charge is -2.17. The number of hydrogen-bond acceptors (Lipinski definition) is 3. The van der Waals surface area contributed by atoms with Gasteiger partial charge in [-0.3, -0.25) is 0 Å². The van der Waals surface area contributed by atoms with Gasteiger partial charge in [-0.2, -0.15) is 0 Å². The lowest BCUT2D eigenvalue weighted by atomic mass is 9.98. The molecule has 0 aromatic heterocycles. The Kier molecular flexibility index (Phi) is 6.04. The van der Waals surface area contributed by atoms with Crippen molar-refractivity contribution >= 4 is 35.0 Å². The molecule has 132 valence electrons. The molecule has 0 saturated carbocycles. The normalized spacial score (nSPS) is 10.5. The van der Waals surface area contributed by atoms with Gasteiger partial charge in [-0.15, -0.1) is 0 Å². The van der Waals surface area contributed by atoms with Crippen LogP contribution in [0.25, 0.3) is 0 Å². The molecule has 0 unspecified atom stereocenters. The first-order valence-electron chi connectivity index (χ1n) is 7.89. The molecule has 0 aliphatic heterocycles. The minimum atomic E-state index is -0.499. The van der Waals surface area contributed by atoms with E-state index in [1.165, 1.54) is 25.3 Å². The first kappa shape index (κ1) is 18.8. The maximum Gasteiger partial charge on any atom is 0.337 e. The van der Waals surface area contributed by atoms with Crippen molar-refractivity contribution in [2.24, 2.45) is 0 Å². The number of nitrogens with one attached hydrogen (secondary N) is 2. The van der Waals surface area contributed by atoms with Gasteiger partial charge in [0.2, 0.25) is 0 Å². The Hall–Kier alpha value is -2.53. The molecule has 2 N–H and O–H groups in total. The number of hydrogen-bond donors (Lipinski definition) is 2. The molecule has 0 radical (unpaired) electrons. The van der Waals surface area contributed by atoms with Crippen molar-refractivity contribution in [1.82, 2.24) is 0 Å². The topological polar surface area (TPSA) is 67.4 Å². The predicted octanol–water partition coefficient (Wildman–Crippen LogP) is 5.20. The lowest BCUT2D eigenvalue weighted by Crippen LogP contribution is -2.21. The zero-order valence-electron chi connectivity index (χ0n) is 14.6. The van der Waals surface area contributed by atoms with Crippen molar-refractivity contribution in [2.75, 3.05) is 17.7 Å². The molecular weight excluding hydrogens is 340 g/mol. The molecule has 0 fully saturated rings. The Morgan fingerprint density at radius 2 is 1.84 bits per heavy atom. The number of methoxy groups -OCH3 is 1. The van der Waals surface area contributed by atoms with Crippen molar-refractivity contribution in [2.45, 2.75) is 26.7 Å². The van der Waals surface area contributed by atoms with Crippen LogP contribution in [-0.2, 0) is 4.74 Å². The molecule has 2 aromatic carbocycles. The number of benzene rings is 2. The fourth-order valence-corrected chi connectivity index (χ4v) is 2.64. The van der Waals surface area contributed by atoms with E-state index in [2.05, 4.69) is 29.2 Å². The molecule has 0 saturated heterocycles. The number of aryl methyl sites for hydroxylation is 1. The van der Waals surface area contributed by atoms with Crippen LogP contribution in [0.15, 0.2) is 36.4 Å². The average molecular weight is 361 g/mol. The lowest BCUT2D eigenvalue weighted by molar-refractivity contribution is 0.0600. The number of carbonyl (C=O) groups is 2. The van der Waals surface area contributed by atoms with E-state index < -0.39 is 12.0 Å². The molecule has 5 nitrogen and oxygen atoms in total. The largest absolute Gasteiger partial charge is 0.465 e. The average Bonchev–Trinajstić information content (AvgIpc) is 2.57. The number of halogens is 1. The SMILES string of the molecule is COC(=O)c1ccc(Cl)c(NC(=O)Nc2c(C)cccc2C(C)C)c1. The number of rotatable bonds is 4. The van der Waals surface area contributed by atoms with Crippen LogP contribution in [0.3, 0.4) is 0 Å². The Morgan fingerprint density at radius 3 is 2.48 bits per heavy atom. The van der Waals surface area contributed by atoms with Gasteiger partial charge in [0.1, 0.15) is 0 Å². The minimum absolute atomic E-state index is 0.265. The summed E-state index contributed by atoms with van der Waals surface area (Å²) in [6.45, 7) is 6.06.